The summed E-state index contributed by atoms with van der Waals surface area (Å²) in [5.74, 6) is 0.262. The predicted octanol–water partition coefficient (Wildman–Crippen LogP) is 4.22. The van der Waals surface area contributed by atoms with E-state index in [4.69, 9.17) is 0 Å². The van der Waals surface area contributed by atoms with Crippen LogP contribution in [0.4, 0.5) is 0 Å². The molecule has 0 amide bonds. The van der Waals surface area contributed by atoms with Gasteiger partial charge in [0.1, 0.15) is 0 Å². The van der Waals surface area contributed by atoms with Crippen LogP contribution in [-0.4, -0.2) is 10.6 Å². The maximum absolute atomic E-state index is 12.1. The lowest BCUT2D eigenvalue weighted by Crippen LogP contribution is -2.30. The van der Waals surface area contributed by atoms with Gasteiger partial charge in [-0.25, -0.2) is 0 Å². The number of alkyl halides is 1. The van der Waals surface area contributed by atoms with Crippen LogP contribution in [0, 0.1) is 19.3 Å². The zero-order chi connectivity index (χ0) is 13.2. The smallest absolute Gasteiger partial charge is 0.152 e. The van der Waals surface area contributed by atoms with Gasteiger partial charge in [-0.05, 0) is 31.4 Å². The molecule has 0 N–H and O–H groups in total. The van der Waals surface area contributed by atoms with Gasteiger partial charge in [0, 0.05) is 5.41 Å². The number of benzene rings is 1. The van der Waals surface area contributed by atoms with E-state index >= 15 is 0 Å². The van der Waals surface area contributed by atoms with E-state index in [2.05, 4.69) is 48.0 Å². The Kier molecular flexibility index (Phi) is 4.54. The van der Waals surface area contributed by atoms with Gasteiger partial charge in [0.2, 0.25) is 0 Å². The Labute approximate surface area is 113 Å². The molecule has 1 aromatic rings. The summed E-state index contributed by atoms with van der Waals surface area (Å²) in [5.41, 5.74) is 3.46. The highest BCUT2D eigenvalue weighted by Gasteiger charge is 2.28. The quantitative estimate of drug-likeness (QED) is 0.763. The fraction of sp³-hybridized carbons (Fsp3) is 0.533. The van der Waals surface area contributed by atoms with Gasteiger partial charge < -0.3 is 0 Å². The van der Waals surface area contributed by atoms with E-state index in [0.717, 1.165) is 6.42 Å². The largest absolute Gasteiger partial charge is 0.298 e. The van der Waals surface area contributed by atoms with Gasteiger partial charge in [-0.15, -0.1) is 0 Å². The second-order valence-corrected chi connectivity index (χ2v) is 6.82. The summed E-state index contributed by atoms with van der Waals surface area (Å²) in [4.78, 5) is 12.0. The molecule has 0 fully saturated rings. The molecule has 94 valence electrons. The molecular weight excluding hydrogens is 276 g/mol. The molecule has 0 saturated heterocycles. The van der Waals surface area contributed by atoms with Crippen molar-refractivity contribution in [3.05, 3.63) is 34.9 Å². The number of hydrogen-bond donors (Lipinski definition) is 0. The second-order valence-electron chi connectivity index (χ2n) is 5.72. The van der Waals surface area contributed by atoms with Gasteiger partial charge in [0.25, 0.3) is 0 Å². The van der Waals surface area contributed by atoms with Gasteiger partial charge in [-0.1, -0.05) is 60.5 Å². The van der Waals surface area contributed by atoms with Gasteiger partial charge in [-0.3, -0.25) is 4.79 Å². The maximum Gasteiger partial charge on any atom is 0.152 e. The van der Waals surface area contributed by atoms with Crippen LogP contribution in [0.15, 0.2) is 18.2 Å². The number of ketones is 1. The highest BCUT2D eigenvalue weighted by atomic mass is 79.9. The minimum atomic E-state index is -0.286. The summed E-state index contributed by atoms with van der Waals surface area (Å²) in [5, 5.41) is 0. The maximum atomic E-state index is 12.1. The molecule has 0 aliphatic carbocycles. The molecule has 1 unspecified atom stereocenters. The normalized spacial score (nSPS) is 13.5. The molecule has 2 heteroatoms. The topological polar surface area (TPSA) is 17.1 Å². The van der Waals surface area contributed by atoms with Crippen LogP contribution >= 0.6 is 15.9 Å². The minimum absolute atomic E-state index is 0.0944. The summed E-state index contributed by atoms with van der Waals surface area (Å²) in [6.45, 7) is 10.1. The summed E-state index contributed by atoms with van der Waals surface area (Å²) >= 11 is 3.52. The van der Waals surface area contributed by atoms with Crippen molar-refractivity contribution in [1.82, 2.24) is 0 Å². The Morgan fingerprint density at radius 2 is 1.88 bits per heavy atom. The highest BCUT2D eigenvalue weighted by Crippen LogP contribution is 2.24. The molecule has 0 heterocycles. The van der Waals surface area contributed by atoms with Gasteiger partial charge in [0.15, 0.2) is 5.78 Å². The van der Waals surface area contributed by atoms with Crippen LogP contribution in [0.25, 0.3) is 0 Å². The Balaban J connectivity index is 2.85. The third kappa shape index (κ3) is 3.95. The lowest BCUT2D eigenvalue weighted by Gasteiger charge is -2.21. The van der Waals surface area contributed by atoms with Crippen molar-refractivity contribution in [1.29, 1.82) is 0 Å². The first-order valence-electron chi connectivity index (χ1n) is 5.96. The van der Waals surface area contributed by atoms with Crippen molar-refractivity contribution in [2.45, 2.75) is 45.9 Å². The lowest BCUT2D eigenvalue weighted by atomic mass is 9.86. The SMILES string of the molecule is Cc1ccc(C)c(CC(Br)C(=O)C(C)(C)C)c1. The third-order valence-corrected chi connectivity index (χ3v) is 3.67. The minimum Gasteiger partial charge on any atom is -0.298 e. The van der Waals surface area contributed by atoms with Crippen molar-refractivity contribution in [2.24, 2.45) is 5.41 Å². The average molecular weight is 297 g/mol. The van der Waals surface area contributed by atoms with Crippen LogP contribution < -0.4 is 0 Å². The molecule has 1 nitrogen and oxygen atoms in total. The van der Waals surface area contributed by atoms with Crippen LogP contribution in [-0.2, 0) is 11.2 Å². The number of hydrogen-bond acceptors (Lipinski definition) is 1. The van der Waals surface area contributed by atoms with E-state index in [1.165, 1.54) is 16.7 Å². The molecule has 0 aromatic heterocycles. The van der Waals surface area contributed by atoms with Crippen molar-refractivity contribution in [3.63, 3.8) is 0 Å². The zero-order valence-corrected chi connectivity index (χ0v) is 12.9. The highest BCUT2D eigenvalue weighted by molar-refractivity contribution is 9.10. The Bertz CT molecular complexity index is 415. The van der Waals surface area contributed by atoms with Gasteiger partial charge in [0.05, 0.1) is 4.83 Å². The predicted molar refractivity (Wildman–Crippen MR) is 76.8 cm³/mol. The molecule has 1 rings (SSSR count). The lowest BCUT2D eigenvalue weighted by molar-refractivity contribution is -0.125. The van der Waals surface area contributed by atoms with E-state index in [1.807, 2.05) is 20.8 Å². The van der Waals surface area contributed by atoms with Crippen LogP contribution in [0.1, 0.15) is 37.5 Å². The number of carbonyl (C=O) groups is 1. The average Bonchev–Trinajstić information content (AvgIpc) is 2.21. The molecule has 0 spiro atoms. The standard InChI is InChI=1S/C15H21BrO/c1-10-6-7-11(2)12(8-10)9-13(16)14(17)15(3,4)5/h6-8,13H,9H2,1-5H3. The molecular formula is C15H21BrO. The molecule has 1 aromatic carbocycles. The fourth-order valence-electron chi connectivity index (χ4n) is 1.78. The second kappa shape index (κ2) is 5.34. The first-order valence-corrected chi connectivity index (χ1v) is 6.88. The Morgan fingerprint density at radius 1 is 1.29 bits per heavy atom. The number of rotatable bonds is 3. The number of halogens is 1. The van der Waals surface area contributed by atoms with E-state index < -0.39 is 0 Å². The summed E-state index contributed by atoms with van der Waals surface area (Å²) in [6, 6.07) is 6.39. The molecule has 0 radical (unpaired) electrons. The van der Waals surface area contributed by atoms with E-state index in [9.17, 15) is 4.79 Å². The van der Waals surface area contributed by atoms with Gasteiger partial charge in [-0.2, -0.15) is 0 Å². The van der Waals surface area contributed by atoms with Crippen molar-refractivity contribution in [3.8, 4) is 0 Å². The van der Waals surface area contributed by atoms with Crippen molar-refractivity contribution >= 4 is 21.7 Å². The zero-order valence-electron chi connectivity index (χ0n) is 11.3. The first kappa shape index (κ1) is 14.4. The van der Waals surface area contributed by atoms with Crippen LogP contribution in [0.2, 0.25) is 0 Å². The van der Waals surface area contributed by atoms with Crippen molar-refractivity contribution in [2.75, 3.05) is 0 Å². The molecule has 0 bridgehead atoms. The monoisotopic (exact) mass is 296 g/mol. The first-order chi connectivity index (χ1) is 7.71. The molecule has 0 aliphatic rings. The molecule has 0 aliphatic heterocycles. The van der Waals surface area contributed by atoms with Crippen LogP contribution in [0.5, 0.6) is 0 Å². The number of carbonyl (C=O) groups excluding carboxylic acids is 1. The number of Topliss-reactive ketones (excluding diaryl/α,β-unsaturated/α-hetero) is 1. The fourth-order valence-corrected chi connectivity index (χ4v) is 2.81. The van der Waals surface area contributed by atoms with Crippen molar-refractivity contribution < 1.29 is 4.79 Å². The van der Waals surface area contributed by atoms with E-state index in [1.54, 1.807) is 0 Å². The number of aryl methyl sites for hydroxylation is 2. The third-order valence-electron chi connectivity index (χ3n) is 2.93. The Morgan fingerprint density at radius 3 is 2.41 bits per heavy atom. The summed E-state index contributed by atoms with van der Waals surface area (Å²) in [7, 11) is 0. The van der Waals surface area contributed by atoms with Gasteiger partial charge >= 0.3 is 0 Å². The summed E-state index contributed by atoms with van der Waals surface area (Å²) < 4.78 is 0. The van der Waals surface area contributed by atoms with E-state index in [0.29, 0.717) is 0 Å². The molecule has 1 atom stereocenters. The Hall–Kier alpha value is -0.630. The summed E-state index contributed by atoms with van der Waals surface area (Å²) in [6.07, 6.45) is 0.767. The van der Waals surface area contributed by atoms with E-state index in [-0.39, 0.29) is 16.0 Å². The molecule has 17 heavy (non-hydrogen) atoms. The molecule has 0 saturated carbocycles. The van der Waals surface area contributed by atoms with Crippen LogP contribution in [0.3, 0.4) is 0 Å².